The second kappa shape index (κ2) is 3.41. The van der Waals surface area contributed by atoms with Gasteiger partial charge in [0.15, 0.2) is 0 Å². The fraction of sp³-hybridized carbons (Fsp3) is 0.917. The summed E-state index contributed by atoms with van der Waals surface area (Å²) in [5.74, 6) is 0. The summed E-state index contributed by atoms with van der Waals surface area (Å²) >= 11 is 7.42. The van der Waals surface area contributed by atoms with Crippen molar-refractivity contribution >= 4 is 35.6 Å². The van der Waals surface area contributed by atoms with Gasteiger partial charge in [-0.1, -0.05) is 61.3 Å². The van der Waals surface area contributed by atoms with Crippen molar-refractivity contribution in [1.82, 2.24) is 4.90 Å². The molecular weight excluding hydrogens is 233 g/mol. The zero-order valence-corrected chi connectivity index (χ0v) is 12.1. The Balaban J connectivity index is 1.83. The van der Waals surface area contributed by atoms with Crippen molar-refractivity contribution in [1.29, 1.82) is 0 Å². The molecule has 0 aromatic carbocycles. The Bertz CT molecular complexity index is 348. The molecule has 4 heteroatoms. The zero-order valence-electron chi connectivity index (χ0n) is 10.5. The highest BCUT2D eigenvalue weighted by Crippen LogP contribution is 2.74. The first kappa shape index (κ1) is 11.4. The number of fused-ring (bicyclic) bond motifs is 2. The minimum atomic E-state index is 0.615. The van der Waals surface area contributed by atoms with Gasteiger partial charge < -0.3 is 4.90 Å². The fourth-order valence-corrected chi connectivity index (χ4v) is 5.90. The predicted molar refractivity (Wildman–Crippen MR) is 77.9 cm³/mol. The van der Waals surface area contributed by atoms with Crippen LogP contribution in [0.2, 0.25) is 10.6 Å². The summed E-state index contributed by atoms with van der Waals surface area (Å²) in [5.41, 5.74) is 0. The Morgan fingerprint density at radius 3 is 2.94 bits per heavy atom. The summed E-state index contributed by atoms with van der Waals surface area (Å²) in [5, 5.41) is 2.04. The van der Waals surface area contributed by atoms with Crippen LogP contribution >= 0.6 is 24.0 Å². The summed E-state index contributed by atoms with van der Waals surface area (Å²) in [6, 6.07) is 0.722. The molecule has 1 saturated carbocycles. The van der Waals surface area contributed by atoms with Crippen LogP contribution in [0.5, 0.6) is 0 Å². The van der Waals surface area contributed by atoms with Gasteiger partial charge in [0.05, 0.1) is 0 Å². The molecule has 0 aromatic rings. The number of nitrogens with zero attached hydrogens (tertiary/aromatic N) is 1. The Morgan fingerprint density at radius 2 is 2.19 bits per heavy atom. The first-order chi connectivity index (χ1) is 7.45. The Kier molecular flexibility index (Phi) is 2.43. The molecule has 1 aliphatic carbocycles. The van der Waals surface area contributed by atoms with Crippen LogP contribution in [0.4, 0.5) is 0 Å². The second-order valence-corrected chi connectivity index (χ2v) is 8.37. The minimum absolute atomic E-state index is 0.615. The third-order valence-corrected chi connectivity index (χ3v) is 7.31. The molecule has 2 heterocycles. The highest BCUT2D eigenvalue weighted by atomic mass is 32.2. The van der Waals surface area contributed by atoms with Gasteiger partial charge in [-0.15, -0.1) is 0 Å². The van der Waals surface area contributed by atoms with E-state index < -0.39 is 0 Å². The lowest BCUT2D eigenvalue weighted by molar-refractivity contribution is 0.297. The van der Waals surface area contributed by atoms with Crippen molar-refractivity contribution in [3.05, 3.63) is 0 Å². The maximum atomic E-state index is 5.45. The molecule has 88 valence electrons. The lowest BCUT2D eigenvalue weighted by Gasteiger charge is -2.32. The van der Waals surface area contributed by atoms with E-state index in [9.17, 15) is 0 Å². The monoisotopic (exact) mass is 253 g/mol. The normalized spacial score (nSPS) is 51.2. The molecule has 3 aliphatic rings. The predicted octanol–water partition coefficient (Wildman–Crippen LogP) is 3.07. The Morgan fingerprint density at radius 1 is 1.44 bits per heavy atom. The molecule has 3 fully saturated rings. The van der Waals surface area contributed by atoms with Gasteiger partial charge in [-0.25, -0.2) is 0 Å². The molecule has 3 rings (SSSR count). The average Bonchev–Trinajstić information content (AvgIpc) is 2.59. The lowest BCUT2D eigenvalue weighted by Crippen LogP contribution is -2.34. The van der Waals surface area contributed by atoms with Crippen LogP contribution < -0.4 is 0 Å². The van der Waals surface area contributed by atoms with E-state index in [0.29, 0.717) is 10.6 Å². The van der Waals surface area contributed by atoms with Crippen molar-refractivity contribution in [2.24, 2.45) is 0 Å². The molecule has 0 radical (unpaired) electrons. The summed E-state index contributed by atoms with van der Waals surface area (Å²) in [7, 11) is 3.64. The molecule has 2 saturated heterocycles. The summed E-state index contributed by atoms with van der Waals surface area (Å²) < 4.78 is 1.13. The average molecular weight is 253 g/mol. The van der Waals surface area contributed by atoms with E-state index in [1.54, 1.807) is 0 Å². The van der Waals surface area contributed by atoms with Crippen LogP contribution in [-0.2, 0) is 0 Å². The van der Waals surface area contributed by atoms with Crippen LogP contribution in [-0.4, -0.2) is 34.8 Å². The molecule has 0 N–H and O–H groups in total. The number of thioether (sulfide) groups is 1. The van der Waals surface area contributed by atoms with E-state index in [4.69, 9.17) is 12.2 Å². The molecule has 0 amide bonds. The summed E-state index contributed by atoms with van der Waals surface area (Å²) in [6.45, 7) is 4.99. The highest BCUT2D eigenvalue weighted by molar-refractivity contribution is 8.23. The van der Waals surface area contributed by atoms with Crippen LogP contribution in [0.3, 0.4) is 0 Å². The standard InChI is InChI=1S/C12H20BNS2/c1-11-6-4-5-8-9(7-12(11,2)13-11)16-10(15)14(8)3/h8-9,13H,4-7H2,1-3H3. The Labute approximate surface area is 109 Å². The zero-order chi connectivity index (χ0) is 11.6. The maximum Gasteiger partial charge on any atom is 0.136 e. The third kappa shape index (κ3) is 1.48. The molecule has 1 nitrogen and oxygen atoms in total. The molecule has 0 spiro atoms. The molecule has 0 aromatic heterocycles. The minimum Gasteiger partial charge on any atom is -0.356 e. The summed E-state index contributed by atoms with van der Waals surface area (Å²) in [4.78, 5) is 2.36. The van der Waals surface area contributed by atoms with Gasteiger partial charge in [0, 0.05) is 18.3 Å². The summed E-state index contributed by atoms with van der Waals surface area (Å²) in [6.07, 6.45) is 5.54. The maximum absolute atomic E-state index is 5.45. The molecule has 2 aliphatic heterocycles. The van der Waals surface area contributed by atoms with Crippen molar-refractivity contribution in [2.75, 3.05) is 7.05 Å². The van der Waals surface area contributed by atoms with E-state index in [0.717, 1.165) is 15.6 Å². The van der Waals surface area contributed by atoms with E-state index in [-0.39, 0.29) is 0 Å². The van der Waals surface area contributed by atoms with Gasteiger partial charge in [0.25, 0.3) is 0 Å². The highest BCUT2D eigenvalue weighted by Gasteiger charge is 2.63. The molecule has 0 bridgehead atoms. The lowest BCUT2D eigenvalue weighted by atomic mass is 9.82. The van der Waals surface area contributed by atoms with Gasteiger partial charge >= 0.3 is 0 Å². The smallest absolute Gasteiger partial charge is 0.136 e. The fourth-order valence-electron chi connectivity index (χ4n) is 3.90. The SMILES string of the molecule is CN1C(=S)SC2CC3(C)BC3(C)CCCC21. The van der Waals surface area contributed by atoms with Gasteiger partial charge in [0.2, 0.25) is 0 Å². The van der Waals surface area contributed by atoms with E-state index >= 15 is 0 Å². The van der Waals surface area contributed by atoms with Gasteiger partial charge in [0.1, 0.15) is 11.6 Å². The number of thiocarbonyl (C=S) groups is 1. The van der Waals surface area contributed by atoms with Crippen molar-refractivity contribution in [2.45, 2.75) is 61.5 Å². The quantitative estimate of drug-likeness (QED) is 0.482. The van der Waals surface area contributed by atoms with Crippen LogP contribution in [0, 0.1) is 0 Å². The van der Waals surface area contributed by atoms with E-state index in [1.165, 1.54) is 33.0 Å². The first-order valence-corrected chi connectivity index (χ1v) is 7.67. The molecule has 4 unspecified atom stereocenters. The molecule has 4 atom stereocenters. The Hall–Kier alpha value is 0.305. The van der Waals surface area contributed by atoms with Crippen molar-refractivity contribution in [3.8, 4) is 0 Å². The van der Waals surface area contributed by atoms with Crippen LogP contribution in [0.25, 0.3) is 0 Å². The van der Waals surface area contributed by atoms with E-state index in [2.05, 4.69) is 25.8 Å². The number of rotatable bonds is 0. The van der Waals surface area contributed by atoms with Gasteiger partial charge in [-0.3, -0.25) is 0 Å². The van der Waals surface area contributed by atoms with Gasteiger partial charge in [-0.2, -0.15) is 0 Å². The topological polar surface area (TPSA) is 3.24 Å². The van der Waals surface area contributed by atoms with Crippen LogP contribution in [0.15, 0.2) is 0 Å². The largest absolute Gasteiger partial charge is 0.356 e. The van der Waals surface area contributed by atoms with Crippen LogP contribution in [0.1, 0.15) is 39.5 Å². The molecule has 16 heavy (non-hydrogen) atoms. The van der Waals surface area contributed by atoms with Crippen molar-refractivity contribution < 1.29 is 0 Å². The number of hydrogen-bond donors (Lipinski definition) is 0. The second-order valence-electron chi connectivity index (χ2n) is 6.49. The van der Waals surface area contributed by atoms with Gasteiger partial charge in [-0.05, 0) is 12.8 Å². The number of hydrogen-bond acceptors (Lipinski definition) is 2. The van der Waals surface area contributed by atoms with Crippen molar-refractivity contribution in [3.63, 3.8) is 0 Å². The first-order valence-electron chi connectivity index (χ1n) is 6.39. The molecular formula is C12H20BNS2. The van der Waals surface area contributed by atoms with E-state index in [1.807, 2.05) is 11.8 Å². The third-order valence-electron chi connectivity index (χ3n) is 5.46.